The first kappa shape index (κ1) is 15.5. The van der Waals surface area contributed by atoms with Gasteiger partial charge in [-0.3, -0.25) is 9.59 Å². The number of imidazole rings is 1. The van der Waals surface area contributed by atoms with E-state index in [2.05, 4.69) is 4.98 Å². The fraction of sp³-hybridized carbons (Fsp3) is 0.643. The van der Waals surface area contributed by atoms with Gasteiger partial charge >= 0.3 is 0 Å². The first-order chi connectivity index (χ1) is 9.81. The van der Waals surface area contributed by atoms with E-state index in [9.17, 15) is 14.7 Å². The zero-order valence-corrected chi connectivity index (χ0v) is 12.6. The molecule has 21 heavy (non-hydrogen) atoms. The van der Waals surface area contributed by atoms with Gasteiger partial charge in [-0.05, 0) is 12.8 Å². The first-order valence-corrected chi connectivity index (χ1v) is 7.09. The Hall–Kier alpha value is -1.89. The van der Waals surface area contributed by atoms with Crippen LogP contribution in [0.4, 0.5) is 0 Å². The number of hydrogen-bond donors (Lipinski definition) is 2. The van der Waals surface area contributed by atoms with Crippen molar-refractivity contribution in [3.8, 4) is 0 Å². The number of hydrogen-bond acceptors (Lipinski definition) is 4. The van der Waals surface area contributed by atoms with Crippen LogP contribution in [0.3, 0.4) is 0 Å². The number of carbonyl (C=O) groups is 2. The molecule has 0 aromatic carbocycles. The number of β-amino-alcohol motifs (C(OH)–C–C–N with tert-alkyl or cyclic N) is 1. The molecule has 3 N–H and O–H groups in total. The third-order valence-corrected chi connectivity index (χ3v) is 3.83. The number of nitrogens with zero attached hydrogens (tertiary/aromatic N) is 3. The minimum atomic E-state index is -0.738. The molecule has 7 nitrogen and oxygen atoms in total. The van der Waals surface area contributed by atoms with Crippen LogP contribution in [-0.2, 0) is 9.59 Å². The van der Waals surface area contributed by atoms with Crippen LogP contribution in [0.2, 0.25) is 0 Å². The molecule has 1 aromatic rings. The van der Waals surface area contributed by atoms with E-state index >= 15 is 0 Å². The predicted molar refractivity (Wildman–Crippen MR) is 76.2 cm³/mol. The quantitative estimate of drug-likeness (QED) is 0.805. The number of aromatic nitrogens is 2. The lowest BCUT2D eigenvalue weighted by Gasteiger charge is -2.29. The van der Waals surface area contributed by atoms with Gasteiger partial charge in [-0.1, -0.05) is 13.8 Å². The third kappa shape index (κ3) is 3.07. The van der Waals surface area contributed by atoms with E-state index in [0.29, 0.717) is 0 Å². The van der Waals surface area contributed by atoms with Gasteiger partial charge in [0.2, 0.25) is 11.8 Å². The van der Waals surface area contributed by atoms with Gasteiger partial charge in [0, 0.05) is 19.2 Å². The summed E-state index contributed by atoms with van der Waals surface area (Å²) < 4.78 is 1.76. The molecule has 0 aliphatic carbocycles. The molecule has 1 aromatic heterocycles. The molecular weight excluding hydrogens is 272 g/mol. The summed E-state index contributed by atoms with van der Waals surface area (Å²) in [6.45, 7) is 5.86. The van der Waals surface area contributed by atoms with Gasteiger partial charge in [-0.2, -0.15) is 0 Å². The smallest absolute Gasteiger partial charge is 0.246 e. The summed E-state index contributed by atoms with van der Waals surface area (Å²) in [7, 11) is 0. The van der Waals surface area contributed by atoms with Gasteiger partial charge in [0.25, 0.3) is 0 Å². The molecule has 3 atom stereocenters. The number of aryl methyl sites for hydroxylation is 1. The Bertz CT molecular complexity index is 540. The van der Waals surface area contributed by atoms with Gasteiger partial charge < -0.3 is 20.3 Å². The molecule has 0 spiro atoms. The van der Waals surface area contributed by atoms with E-state index in [-0.39, 0.29) is 24.8 Å². The molecule has 1 unspecified atom stereocenters. The van der Waals surface area contributed by atoms with Crippen LogP contribution < -0.4 is 5.73 Å². The second kappa shape index (κ2) is 5.85. The standard InChI is InChI=1S/C14H22N4O3/c1-8(2)12(17-5-9(3)16-7-17)14(21)18-6-10(19)4-11(18)13(15)20/h5,7-8,10-12,19H,4,6H2,1-3H3,(H2,15,20)/t10-,11+,12?/m1/s1. The fourth-order valence-corrected chi connectivity index (χ4v) is 2.85. The van der Waals surface area contributed by atoms with E-state index < -0.39 is 24.1 Å². The van der Waals surface area contributed by atoms with Crippen molar-refractivity contribution in [2.75, 3.05) is 6.54 Å². The largest absolute Gasteiger partial charge is 0.391 e. The third-order valence-electron chi connectivity index (χ3n) is 3.83. The maximum absolute atomic E-state index is 12.8. The van der Waals surface area contributed by atoms with E-state index in [1.807, 2.05) is 20.8 Å². The number of carbonyl (C=O) groups excluding carboxylic acids is 2. The van der Waals surface area contributed by atoms with Crippen molar-refractivity contribution in [2.45, 2.75) is 45.4 Å². The van der Waals surface area contributed by atoms with Gasteiger partial charge in [0.05, 0.1) is 18.1 Å². The molecular formula is C14H22N4O3. The molecule has 0 radical (unpaired) electrons. The highest BCUT2D eigenvalue weighted by atomic mass is 16.3. The molecule has 1 saturated heterocycles. The Labute approximate surface area is 123 Å². The summed E-state index contributed by atoms with van der Waals surface area (Å²) in [5.74, 6) is -0.760. The number of primary amides is 1. The van der Waals surface area contributed by atoms with Crippen molar-refractivity contribution in [2.24, 2.45) is 11.7 Å². The summed E-state index contributed by atoms with van der Waals surface area (Å²) in [4.78, 5) is 29.9. The Balaban J connectivity index is 2.28. The summed E-state index contributed by atoms with van der Waals surface area (Å²) in [6, 6.07) is -1.20. The predicted octanol–water partition coefficient (Wildman–Crippen LogP) is -0.164. The Kier molecular flexibility index (Phi) is 4.32. The second-order valence-corrected chi connectivity index (χ2v) is 5.95. The van der Waals surface area contributed by atoms with Crippen LogP contribution in [-0.4, -0.2) is 50.1 Å². The molecule has 1 aliphatic heterocycles. The van der Waals surface area contributed by atoms with Crippen molar-refractivity contribution < 1.29 is 14.7 Å². The van der Waals surface area contributed by atoms with Gasteiger partial charge in [-0.15, -0.1) is 0 Å². The van der Waals surface area contributed by atoms with Crippen molar-refractivity contribution in [3.63, 3.8) is 0 Å². The summed E-state index contributed by atoms with van der Waals surface area (Å²) in [6.07, 6.45) is 2.91. The van der Waals surface area contributed by atoms with E-state index in [1.54, 1.807) is 17.1 Å². The molecule has 2 heterocycles. The summed E-state index contributed by atoms with van der Waals surface area (Å²) in [5.41, 5.74) is 6.16. The number of nitrogens with two attached hydrogens (primary N) is 1. The zero-order valence-electron chi connectivity index (χ0n) is 12.6. The van der Waals surface area contributed by atoms with Crippen molar-refractivity contribution in [1.29, 1.82) is 0 Å². The topological polar surface area (TPSA) is 101 Å². The van der Waals surface area contributed by atoms with E-state index in [0.717, 1.165) is 5.69 Å². The highest BCUT2D eigenvalue weighted by molar-refractivity contribution is 5.89. The molecule has 2 amide bonds. The number of aliphatic hydroxyl groups excluding tert-OH is 1. The number of rotatable bonds is 4. The van der Waals surface area contributed by atoms with Crippen LogP contribution in [0.25, 0.3) is 0 Å². The molecule has 0 bridgehead atoms. The monoisotopic (exact) mass is 294 g/mol. The second-order valence-electron chi connectivity index (χ2n) is 5.95. The Morgan fingerprint density at radius 1 is 1.48 bits per heavy atom. The number of aliphatic hydroxyl groups is 1. The van der Waals surface area contributed by atoms with Crippen LogP contribution in [0.5, 0.6) is 0 Å². The van der Waals surface area contributed by atoms with E-state index in [1.165, 1.54) is 4.90 Å². The first-order valence-electron chi connectivity index (χ1n) is 7.09. The average Bonchev–Trinajstić information content (AvgIpc) is 2.95. The minimum Gasteiger partial charge on any atom is -0.391 e. The Morgan fingerprint density at radius 2 is 2.14 bits per heavy atom. The van der Waals surface area contributed by atoms with Crippen LogP contribution in [0.1, 0.15) is 32.0 Å². The normalized spacial score (nSPS) is 23.6. The summed E-state index contributed by atoms with van der Waals surface area (Å²) in [5, 5.41) is 9.74. The number of amides is 2. The summed E-state index contributed by atoms with van der Waals surface area (Å²) >= 11 is 0. The molecule has 1 fully saturated rings. The van der Waals surface area contributed by atoms with Crippen LogP contribution in [0, 0.1) is 12.8 Å². The maximum atomic E-state index is 12.8. The van der Waals surface area contributed by atoms with Gasteiger partial charge in [0.1, 0.15) is 12.1 Å². The lowest BCUT2D eigenvalue weighted by atomic mass is 10.0. The van der Waals surface area contributed by atoms with Gasteiger partial charge in [-0.25, -0.2) is 4.98 Å². The molecule has 2 rings (SSSR count). The average molecular weight is 294 g/mol. The zero-order chi connectivity index (χ0) is 15.7. The van der Waals surface area contributed by atoms with Crippen molar-refractivity contribution in [3.05, 3.63) is 18.2 Å². The minimum absolute atomic E-state index is 0.0253. The Morgan fingerprint density at radius 3 is 2.62 bits per heavy atom. The lowest BCUT2D eigenvalue weighted by Crippen LogP contribution is -2.47. The molecule has 1 aliphatic rings. The maximum Gasteiger partial charge on any atom is 0.246 e. The highest BCUT2D eigenvalue weighted by Gasteiger charge is 2.41. The number of likely N-dealkylation sites (tertiary alicyclic amines) is 1. The van der Waals surface area contributed by atoms with E-state index in [4.69, 9.17) is 5.73 Å². The van der Waals surface area contributed by atoms with Crippen LogP contribution >= 0.6 is 0 Å². The fourth-order valence-electron chi connectivity index (χ4n) is 2.85. The van der Waals surface area contributed by atoms with Crippen molar-refractivity contribution >= 4 is 11.8 Å². The van der Waals surface area contributed by atoms with Gasteiger partial charge in [0.15, 0.2) is 0 Å². The highest BCUT2D eigenvalue weighted by Crippen LogP contribution is 2.26. The van der Waals surface area contributed by atoms with Crippen molar-refractivity contribution in [1.82, 2.24) is 14.5 Å². The SMILES string of the molecule is Cc1cn(C(C(=O)N2C[C@H](O)C[C@H]2C(N)=O)C(C)C)cn1. The van der Waals surface area contributed by atoms with Crippen LogP contribution in [0.15, 0.2) is 12.5 Å². The molecule has 7 heteroatoms. The lowest BCUT2D eigenvalue weighted by molar-refractivity contribution is -0.141. The molecule has 116 valence electrons. The molecule has 0 saturated carbocycles.